The lowest BCUT2D eigenvalue weighted by Crippen LogP contribution is -2.49. The number of amides is 1. The molecule has 3 rings (SSSR count). The van der Waals surface area contributed by atoms with Crippen LogP contribution >= 0.6 is 23.1 Å². The van der Waals surface area contributed by atoms with E-state index in [4.69, 9.17) is 11.6 Å². The Morgan fingerprint density at radius 3 is 2.59 bits per heavy atom. The topological polar surface area (TPSA) is 61.4 Å². The van der Waals surface area contributed by atoms with Gasteiger partial charge in [-0.15, -0.1) is 11.6 Å². The Morgan fingerprint density at radius 2 is 1.93 bits per heavy atom. The van der Waals surface area contributed by atoms with Gasteiger partial charge in [-0.25, -0.2) is 9.37 Å². The van der Waals surface area contributed by atoms with Crippen LogP contribution in [-0.2, 0) is 11.2 Å². The summed E-state index contributed by atoms with van der Waals surface area (Å²) in [6, 6.07) is 6.45. The molecule has 0 spiro atoms. The number of anilines is 1. The summed E-state index contributed by atoms with van der Waals surface area (Å²) in [5, 5.41) is 3.90. The minimum Gasteiger partial charge on any atom is -0.354 e. The summed E-state index contributed by atoms with van der Waals surface area (Å²) in [5.74, 6) is 0.834. The average molecular weight is 440 g/mol. The van der Waals surface area contributed by atoms with Crippen LogP contribution in [0.5, 0.6) is 0 Å². The van der Waals surface area contributed by atoms with Crippen LogP contribution in [0.25, 0.3) is 0 Å². The summed E-state index contributed by atoms with van der Waals surface area (Å²) in [6.07, 6.45) is 0.606. The van der Waals surface area contributed by atoms with E-state index in [0.29, 0.717) is 18.8 Å². The Balaban J connectivity index is 1.42. The molecule has 1 fully saturated rings. The fourth-order valence-corrected chi connectivity index (χ4v) is 3.88. The van der Waals surface area contributed by atoms with Gasteiger partial charge in [0.1, 0.15) is 11.6 Å². The second-order valence-corrected chi connectivity index (χ2v) is 8.90. The standard InChI is InChI=1S/C20H27ClFN5OS/c1-20(2,14-21)18(28)23-7-8-26-9-11-27(12-10-26)19-24-17(25-29-19)13-15-3-5-16(22)6-4-15/h3-6H,7-14H2,1-2H3,(H,23,28). The molecule has 1 saturated heterocycles. The molecular weight excluding hydrogens is 413 g/mol. The molecule has 1 aromatic heterocycles. The fraction of sp³-hybridized carbons (Fsp3) is 0.550. The van der Waals surface area contributed by atoms with Gasteiger partial charge >= 0.3 is 0 Å². The van der Waals surface area contributed by atoms with E-state index in [2.05, 4.69) is 24.5 Å². The minimum atomic E-state index is -0.538. The molecule has 158 valence electrons. The van der Waals surface area contributed by atoms with Gasteiger partial charge in [0.25, 0.3) is 0 Å². The number of nitrogens with one attached hydrogen (secondary N) is 1. The number of carbonyl (C=O) groups is 1. The van der Waals surface area contributed by atoms with Gasteiger partial charge in [0.15, 0.2) is 0 Å². The number of hydrogen-bond acceptors (Lipinski definition) is 6. The van der Waals surface area contributed by atoms with E-state index >= 15 is 0 Å². The van der Waals surface area contributed by atoms with Gasteiger partial charge in [0, 0.05) is 63.1 Å². The van der Waals surface area contributed by atoms with Crippen molar-refractivity contribution in [3.63, 3.8) is 0 Å². The van der Waals surface area contributed by atoms with Gasteiger partial charge in [0.2, 0.25) is 11.0 Å². The second kappa shape index (κ2) is 9.82. The summed E-state index contributed by atoms with van der Waals surface area (Å²) in [5.41, 5.74) is 0.462. The van der Waals surface area contributed by atoms with E-state index in [0.717, 1.165) is 49.2 Å². The molecule has 2 heterocycles. The molecule has 0 unspecified atom stereocenters. The molecule has 0 bridgehead atoms. The van der Waals surface area contributed by atoms with Crippen molar-refractivity contribution < 1.29 is 9.18 Å². The molecule has 1 N–H and O–H groups in total. The zero-order valence-corrected chi connectivity index (χ0v) is 18.4. The maximum absolute atomic E-state index is 13.0. The van der Waals surface area contributed by atoms with E-state index in [-0.39, 0.29) is 11.7 Å². The van der Waals surface area contributed by atoms with E-state index < -0.39 is 5.41 Å². The first-order valence-electron chi connectivity index (χ1n) is 9.76. The molecule has 29 heavy (non-hydrogen) atoms. The van der Waals surface area contributed by atoms with Gasteiger partial charge in [-0.05, 0) is 31.5 Å². The summed E-state index contributed by atoms with van der Waals surface area (Å²) in [6.45, 7) is 8.74. The Hall–Kier alpha value is -1.77. The van der Waals surface area contributed by atoms with Crippen LogP contribution in [0.1, 0.15) is 25.2 Å². The Bertz CT molecular complexity index is 805. The van der Waals surface area contributed by atoms with Crippen LogP contribution < -0.4 is 10.2 Å². The first-order chi connectivity index (χ1) is 13.9. The maximum atomic E-state index is 13.0. The van der Waals surface area contributed by atoms with Gasteiger partial charge in [-0.3, -0.25) is 9.69 Å². The molecule has 0 atom stereocenters. The van der Waals surface area contributed by atoms with Crippen LogP contribution in [0.2, 0.25) is 0 Å². The molecule has 6 nitrogen and oxygen atoms in total. The third-order valence-electron chi connectivity index (χ3n) is 5.04. The normalized spacial score (nSPS) is 15.5. The molecule has 0 saturated carbocycles. The van der Waals surface area contributed by atoms with Crippen molar-refractivity contribution in [3.8, 4) is 0 Å². The smallest absolute Gasteiger partial charge is 0.226 e. The van der Waals surface area contributed by atoms with Crippen LogP contribution in [0.3, 0.4) is 0 Å². The number of piperazine rings is 1. The molecule has 0 aliphatic carbocycles. The number of halogens is 2. The highest BCUT2D eigenvalue weighted by Crippen LogP contribution is 2.21. The van der Waals surface area contributed by atoms with E-state index in [1.807, 2.05) is 13.8 Å². The molecule has 1 aliphatic heterocycles. The molecule has 1 aliphatic rings. The van der Waals surface area contributed by atoms with Crippen LogP contribution in [-0.4, -0.2) is 65.3 Å². The summed E-state index contributed by atoms with van der Waals surface area (Å²) < 4.78 is 17.5. The zero-order chi connectivity index (χ0) is 20.9. The van der Waals surface area contributed by atoms with Crippen LogP contribution in [0.15, 0.2) is 24.3 Å². The Labute approximate surface area is 180 Å². The van der Waals surface area contributed by atoms with Crippen LogP contribution in [0, 0.1) is 11.2 Å². The second-order valence-electron chi connectivity index (χ2n) is 7.90. The van der Waals surface area contributed by atoms with Crippen molar-refractivity contribution in [1.29, 1.82) is 0 Å². The number of rotatable bonds is 8. The SMILES string of the molecule is CC(C)(CCl)C(=O)NCCN1CCN(c2nc(Cc3ccc(F)cc3)ns2)CC1. The molecular formula is C20H27ClFN5OS. The summed E-state index contributed by atoms with van der Waals surface area (Å²) in [7, 11) is 0. The zero-order valence-electron chi connectivity index (χ0n) is 16.8. The quantitative estimate of drug-likeness (QED) is 0.641. The van der Waals surface area contributed by atoms with Gasteiger partial charge in [-0.2, -0.15) is 4.37 Å². The highest BCUT2D eigenvalue weighted by molar-refractivity contribution is 7.09. The van der Waals surface area contributed by atoms with E-state index in [9.17, 15) is 9.18 Å². The maximum Gasteiger partial charge on any atom is 0.226 e. The summed E-state index contributed by atoms with van der Waals surface area (Å²) >= 11 is 7.25. The lowest BCUT2D eigenvalue weighted by atomic mass is 9.95. The van der Waals surface area contributed by atoms with Crippen molar-refractivity contribution in [2.24, 2.45) is 5.41 Å². The highest BCUT2D eigenvalue weighted by atomic mass is 35.5. The highest BCUT2D eigenvalue weighted by Gasteiger charge is 2.26. The lowest BCUT2D eigenvalue weighted by Gasteiger charge is -2.34. The predicted octanol–water partition coefficient (Wildman–Crippen LogP) is 2.77. The van der Waals surface area contributed by atoms with Gasteiger partial charge in [0.05, 0.1) is 5.41 Å². The molecule has 1 amide bonds. The van der Waals surface area contributed by atoms with Crippen molar-refractivity contribution in [2.75, 3.05) is 50.0 Å². The predicted molar refractivity (Wildman–Crippen MR) is 115 cm³/mol. The average Bonchev–Trinajstić information content (AvgIpc) is 3.18. The van der Waals surface area contributed by atoms with Crippen molar-refractivity contribution in [2.45, 2.75) is 20.3 Å². The minimum absolute atomic E-state index is 0.00585. The number of carbonyl (C=O) groups excluding carboxylic acids is 1. The van der Waals surface area contributed by atoms with E-state index in [1.165, 1.54) is 23.7 Å². The van der Waals surface area contributed by atoms with Crippen LogP contribution in [0.4, 0.5) is 9.52 Å². The Kier molecular flexibility index (Phi) is 7.43. The monoisotopic (exact) mass is 439 g/mol. The van der Waals surface area contributed by atoms with Gasteiger partial charge < -0.3 is 10.2 Å². The van der Waals surface area contributed by atoms with E-state index in [1.54, 1.807) is 12.1 Å². The first kappa shape index (κ1) is 21.9. The lowest BCUT2D eigenvalue weighted by molar-refractivity contribution is -0.128. The largest absolute Gasteiger partial charge is 0.354 e. The Morgan fingerprint density at radius 1 is 1.24 bits per heavy atom. The molecule has 0 radical (unpaired) electrons. The molecule has 9 heteroatoms. The third kappa shape index (κ3) is 6.10. The van der Waals surface area contributed by atoms with Crippen molar-refractivity contribution in [1.82, 2.24) is 19.6 Å². The fourth-order valence-electron chi connectivity index (χ4n) is 3.02. The first-order valence-corrected chi connectivity index (χ1v) is 11.1. The van der Waals surface area contributed by atoms with Gasteiger partial charge in [-0.1, -0.05) is 12.1 Å². The summed E-state index contributed by atoms with van der Waals surface area (Å²) in [4.78, 5) is 21.3. The third-order valence-corrected chi connectivity index (χ3v) is 6.52. The number of aromatic nitrogens is 2. The number of alkyl halides is 1. The number of hydrogen-bond donors (Lipinski definition) is 1. The van der Waals surface area contributed by atoms with Crippen molar-refractivity contribution in [3.05, 3.63) is 41.5 Å². The van der Waals surface area contributed by atoms with Crippen molar-refractivity contribution >= 4 is 34.2 Å². The number of nitrogens with zero attached hydrogens (tertiary/aromatic N) is 4. The molecule has 1 aromatic carbocycles. The molecule has 2 aromatic rings. The number of benzene rings is 1.